The largest absolute Gasteiger partial charge is 0.481 e. The van der Waals surface area contributed by atoms with Gasteiger partial charge in [0.2, 0.25) is 0 Å². The molecule has 18 nitrogen and oxygen atoms in total. The van der Waals surface area contributed by atoms with Crippen molar-refractivity contribution in [3.8, 4) is 22.3 Å². The minimum atomic E-state index is -3.20. The SMILES string of the molecule is CC(F)(F)CO.CC(F)(F)COC(=O)[C@](C)(CO)C[C@@H](Cc1ccc(-c2ccccc2)cc1)NC(=O)c1cn[nH]n1.Cn1cc(C(=O)N[C@H](Cc2ccc(-c3ccccc3)cc2)C[C@@](C)(COC2CCCCO2)C(=O)O)nn1. The van der Waals surface area contributed by atoms with Crippen LogP contribution < -0.4 is 10.6 Å². The fraction of sp³-hybridized carbons (Fsp3) is 0.429. The predicted molar refractivity (Wildman–Crippen MR) is 280 cm³/mol. The molecule has 6 aromatic rings. The number of H-pyrrole nitrogens is 1. The summed E-state index contributed by atoms with van der Waals surface area (Å²) in [6, 6.07) is 34.6. The second-order valence-electron chi connectivity index (χ2n) is 20.0. The van der Waals surface area contributed by atoms with Crippen LogP contribution in [0.15, 0.2) is 122 Å². The van der Waals surface area contributed by atoms with E-state index in [4.69, 9.17) is 19.3 Å². The molecule has 3 heterocycles. The minimum Gasteiger partial charge on any atom is -0.481 e. The van der Waals surface area contributed by atoms with Crippen LogP contribution in [-0.2, 0) is 43.7 Å². The number of esters is 1. The molecule has 1 fully saturated rings. The van der Waals surface area contributed by atoms with Crippen molar-refractivity contribution in [2.45, 2.75) is 103 Å². The highest BCUT2D eigenvalue weighted by Gasteiger charge is 2.40. The van der Waals surface area contributed by atoms with Crippen LogP contribution in [0.1, 0.15) is 91.9 Å². The number of aliphatic hydroxyl groups excluding tert-OH is 2. The number of hydrogen-bond acceptors (Lipinski definition) is 13. The molecule has 7 rings (SSSR count). The number of nitrogens with zero attached hydrogens (tertiary/aromatic N) is 5. The molecule has 5 atom stereocenters. The lowest BCUT2D eigenvalue weighted by Crippen LogP contribution is -2.45. The van der Waals surface area contributed by atoms with E-state index in [0.717, 1.165) is 52.6 Å². The molecule has 1 unspecified atom stereocenters. The van der Waals surface area contributed by atoms with E-state index in [9.17, 15) is 47.0 Å². The van der Waals surface area contributed by atoms with Gasteiger partial charge < -0.3 is 40.2 Å². The quantitative estimate of drug-likeness (QED) is 0.0264. The number of carbonyl (C=O) groups is 4. The van der Waals surface area contributed by atoms with E-state index in [1.807, 2.05) is 109 Å². The fourth-order valence-corrected chi connectivity index (χ4v) is 8.12. The lowest BCUT2D eigenvalue weighted by Gasteiger charge is -2.32. The molecule has 1 saturated heterocycles. The molecule has 1 aliphatic heterocycles. The van der Waals surface area contributed by atoms with E-state index in [2.05, 4.69) is 36.4 Å². The Morgan fingerprint density at radius 2 is 1.21 bits per heavy atom. The maximum Gasteiger partial charge on any atom is 0.314 e. The Kier molecular flexibility index (Phi) is 22.7. The van der Waals surface area contributed by atoms with Crippen LogP contribution in [0, 0.1) is 10.8 Å². The first-order chi connectivity index (χ1) is 37.0. The molecule has 1 aliphatic rings. The van der Waals surface area contributed by atoms with E-state index < -0.39 is 84.6 Å². The van der Waals surface area contributed by atoms with E-state index >= 15 is 0 Å². The van der Waals surface area contributed by atoms with Crippen molar-refractivity contribution in [3.63, 3.8) is 0 Å². The van der Waals surface area contributed by atoms with Gasteiger partial charge in [0.25, 0.3) is 23.7 Å². The van der Waals surface area contributed by atoms with Crippen LogP contribution in [0.5, 0.6) is 0 Å². The Labute approximate surface area is 449 Å². The summed E-state index contributed by atoms with van der Waals surface area (Å²) in [5.74, 6) is -8.99. The third-order valence-electron chi connectivity index (χ3n) is 12.5. The normalized spacial score (nSPS) is 15.8. The first kappa shape index (κ1) is 61.5. The molecule has 22 heteroatoms. The first-order valence-electron chi connectivity index (χ1n) is 25.2. The Bertz CT molecular complexity index is 2780. The zero-order chi connectivity index (χ0) is 56.9. The van der Waals surface area contributed by atoms with Crippen molar-refractivity contribution >= 4 is 23.8 Å². The van der Waals surface area contributed by atoms with Gasteiger partial charge in [-0.1, -0.05) is 114 Å². The molecule has 6 N–H and O–H groups in total. The maximum absolute atomic E-state index is 13.2. The van der Waals surface area contributed by atoms with Crippen molar-refractivity contribution in [2.75, 3.05) is 33.0 Å². The van der Waals surface area contributed by atoms with Crippen molar-refractivity contribution < 1.29 is 66.3 Å². The molecule has 2 amide bonds. The molecule has 0 radical (unpaired) electrons. The van der Waals surface area contributed by atoms with E-state index in [1.54, 1.807) is 14.0 Å². The summed E-state index contributed by atoms with van der Waals surface area (Å²) in [5.41, 5.74) is 3.59. The molecule has 0 aliphatic carbocycles. The minimum absolute atomic E-state index is 0.0164. The van der Waals surface area contributed by atoms with Gasteiger partial charge in [0.15, 0.2) is 24.3 Å². The van der Waals surface area contributed by atoms with Crippen molar-refractivity contribution in [1.29, 1.82) is 0 Å². The number of alkyl halides is 4. The fourth-order valence-electron chi connectivity index (χ4n) is 8.12. The van der Waals surface area contributed by atoms with Gasteiger partial charge in [-0.3, -0.25) is 23.9 Å². The van der Waals surface area contributed by atoms with Gasteiger partial charge in [-0.05, 0) is 92.2 Å². The van der Waals surface area contributed by atoms with Crippen LogP contribution >= 0.6 is 0 Å². The lowest BCUT2D eigenvalue weighted by molar-refractivity contribution is -0.187. The second-order valence-corrected chi connectivity index (χ2v) is 20.0. The first-order valence-corrected chi connectivity index (χ1v) is 25.2. The number of carboxylic acid groups (broad SMARTS) is 1. The summed E-state index contributed by atoms with van der Waals surface area (Å²) in [7, 11) is 1.68. The molecular weight excluding hydrogens is 1020 g/mol. The van der Waals surface area contributed by atoms with E-state index in [1.165, 1.54) is 24.0 Å². The number of aromatic nitrogens is 6. The highest BCUT2D eigenvalue weighted by Crippen LogP contribution is 2.31. The molecule has 78 heavy (non-hydrogen) atoms. The summed E-state index contributed by atoms with van der Waals surface area (Å²) < 4.78 is 66.5. The van der Waals surface area contributed by atoms with Crippen LogP contribution in [0.25, 0.3) is 22.3 Å². The number of halogens is 4. The van der Waals surface area contributed by atoms with Crippen molar-refractivity contribution in [1.82, 2.24) is 41.0 Å². The molecule has 4 aromatic carbocycles. The average molecular weight is 1090 g/mol. The summed E-state index contributed by atoms with van der Waals surface area (Å²) in [4.78, 5) is 50.5. The molecule has 0 bridgehead atoms. The highest BCUT2D eigenvalue weighted by molar-refractivity contribution is 5.92. The Morgan fingerprint density at radius 3 is 1.62 bits per heavy atom. The zero-order valence-electron chi connectivity index (χ0n) is 44.2. The summed E-state index contributed by atoms with van der Waals surface area (Å²) in [6.45, 7) is 2.15. The topological polar surface area (TPSA) is 253 Å². The third-order valence-corrected chi connectivity index (χ3v) is 12.5. The number of aliphatic hydroxyl groups is 2. The van der Waals surface area contributed by atoms with Gasteiger partial charge in [-0.2, -0.15) is 15.4 Å². The van der Waals surface area contributed by atoms with Gasteiger partial charge in [0.05, 0.1) is 36.4 Å². The lowest BCUT2D eigenvalue weighted by atomic mass is 9.82. The number of ether oxygens (including phenoxy) is 3. The number of rotatable bonds is 23. The number of amides is 2. The molecule has 0 saturated carbocycles. The summed E-state index contributed by atoms with van der Waals surface area (Å²) in [5, 5.41) is 51.0. The number of aliphatic carboxylic acids is 1. The van der Waals surface area contributed by atoms with Gasteiger partial charge >= 0.3 is 11.9 Å². The molecule has 0 spiro atoms. The monoisotopic (exact) mass is 1090 g/mol. The standard InChI is InChI=1S/C28H34N4O5.C25H28F2N4O4.C3H6F2O/c1-28(27(34)35,19-37-25-10-6-7-15-36-25)17-23(29-26(33)24-18-32(2)31-30-24)16-20-11-13-22(14-12-20)21-8-4-3-5-9-21;1-24(15-32,23(34)35-16-25(2,26)27)13-20(29-22(33)21-14-28-31-30-21)12-17-8-10-19(11-9-17)18-6-4-3-5-7-18;1-3(4,5)2-6/h3-5,8-9,11-14,18,23,25H,6-7,10,15-17,19H2,1-2H3,(H,29,33)(H,34,35);3-11,14,20,32H,12-13,15-16H2,1-2H3,(H,29,33)(H,28,30,31);6H,2H2,1H3/t23-,25?,28+;20-,24+;/m11./s1. The zero-order valence-corrected chi connectivity index (χ0v) is 44.2. The summed E-state index contributed by atoms with van der Waals surface area (Å²) in [6.07, 6.45) is 5.98. The highest BCUT2D eigenvalue weighted by atomic mass is 19.3. The number of hydrogen-bond donors (Lipinski definition) is 6. The third kappa shape index (κ3) is 20.2. The van der Waals surface area contributed by atoms with Crippen LogP contribution in [0.3, 0.4) is 0 Å². The summed E-state index contributed by atoms with van der Waals surface area (Å²) >= 11 is 0. The Balaban J connectivity index is 0.000000260. The predicted octanol–water partition coefficient (Wildman–Crippen LogP) is 7.88. The number of carboxylic acids is 1. The smallest absolute Gasteiger partial charge is 0.314 e. The second kappa shape index (κ2) is 28.8. The molecular formula is C56H68F4N8O10. The number of nitrogens with one attached hydrogen (secondary N) is 3. The number of aryl methyl sites for hydroxylation is 1. The van der Waals surface area contributed by atoms with Crippen LogP contribution in [0.2, 0.25) is 0 Å². The van der Waals surface area contributed by atoms with E-state index in [0.29, 0.717) is 33.3 Å². The van der Waals surface area contributed by atoms with Crippen LogP contribution in [-0.4, -0.2) is 133 Å². The van der Waals surface area contributed by atoms with Gasteiger partial charge in [0.1, 0.15) is 6.61 Å². The van der Waals surface area contributed by atoms with E-state index in [-0.39, 0.29) is 30.8 Å². The Morgan fingerprint density at radius 1 is 0.705 bits per heavy atom. The number of carbonyl (C=O) groups excluding carboxylic acids is 3. The van der Waals surface area contributed by atoms with Crippen LogP contribution in [0.4, 0.5) is 17.6 Å². The number of aromatic amines is 1. The number of benzene rings is 4. The van der Waals surface area contributed by atoms with Gasteiger partial charge in [0, 0.05) is 39.6 Å². The maximum atomic E-state index is 13.2. The molecule has 2 aromatic heterocycles. The average Bonchev–Trinajstić information content (AvgIpc) is 4.15. The van der Waals surface area contributed by atoms with Crippen molar-refractivity contribution in [2.24, 2.45) is 17.9 Å². The van der Waals surface area contributed by atoms with Gasteiger partial charge in [-0.15, -0.1) is 5.10 Å². The van der Waals surface area contributed by atoms with Crippen molar-refractivity contribution in [3.05, 3.63) is 144 Å². The molecule has 420 valence electrons. The Hall–Kier alpha value is -7.40. The van der Waals surface area contributed by atoms with Gasteiger partial charge in [-0.25, -0.2) is 17.6 Å².